The largest absolute Gasteiger partial charge is 0.573 e. The molecule has 4 fully saturated rings. The van der Waals surface area contributed by atoms with Gasteiger partial charge >= 0.3 is 6.36 Å². The first-order chi connectivity index (χ1) is 46.8. The Hall–Kier alpha value is -9.25. The average Bonchev–Trinajstić information content (AvgIpc) is 1.61. The third-order valence-electron chi connectivity index (χ3n) is 19.4. The van der Waals surface area contributed by atoms with Gasteiger partial charge in [0.1, 0.15) is 35.6 Å². The number of aryl methyl sites for hydroxylation is 2. The molecule has 0 radical (unpaired) electrons. The van der Waals surface area contributed by atoms with E-state index in [9.17, 15) is 51.4 Å². The predicted molar refractivity (Wildman–Crippen MR) is 363 cm³/mol. The molecule has 0 unspecified atom stereocenters. The van der Waals surface area contributed by atoms with Gasteiger partial charge in [0.05, 0.1) is 46.5 Å². The summed E-state index contributed by atoms with van der Waals surface area (Å²) in [6.45, 7) is 11.2. The van der Waals surface area contributed by atoms with E-state index in [-0.39, 0.29) is 68.0 Å². The number of fused-ring (bicyclic) bond motifs is 2. The third kappa shape index (κ3) is 15.8. The first-order valence-electron chi connectivity index (χ1n) is 33.4. The van der Waals surface area contributed by atoms with Gasteiger partial charge in [-0.2, -0.15) is 0 Å². The molecule has 514 valence electrons. The standard InChI is InChI=1S/C73H80F4N12O8S/c1-44-63(98-43-82-44)49-17-15-48(16-18-49)57(83-68(94)59-38-54(90)40-89(59)69(95)64(71(2,3)4)84-70(96)72(74)26-27-72)39-60(91)86-32-24-53(25-33-86)85-30-21-46(22-31-85)10-9-45-11-13-50(14-12-45)67(93)79-28-6-29-87-41-56(62-65(78)80-42-81-66(62)87)51-19-20-58-52(37-51)23-34-88(58)61(92)36-47-7-5-8-55(35-47)97-73(75,76)77/h5,7-8,11-20,35,37,41-43,46,53-54,57,59,64,90H,6,21-34,36,38-40H2,1-4H3,(H,79,93)(H,83,94)(H,84,96)(H2,78,80,81)/t54-,57+,59+,64-/m1/s1. The molecule has 12 rings (SSSR count). The maximum absolute atomic E-state index is 14.9. The van der Waals surface area contributed by atoms with Crippen LogP contribution in [-0.2, 0) is 43.4 Å². The number of ether oxygens (including phenoxy) is 1. The zero-order valence-corrected chi connectivity index (χ0v) is 56.0. The molecule has 98 heavy (non-hydrogen) atoms. The number of carbonyl (C=O) groups is 6. The molecule has 6 N–H and O–H groups in total. The van der Waals surface area contributed by atoms with Gasteiger partial charge in [0.2, 0.25) is 23.6 Å². The Balaban J connectivity index is 0.601. The molecule has 1 aliphatic carbocycles. The second kappa shape index (κ2) is 28.7. The number of nitrogens with one attached hydrogen (secondary N) is 3. The first-order valence-corrected chi connectivity index (χ1v) is 34.3. The smallest absolute Gasteiger partial charge is 0.406 e. The van der Waals surface area contributed by atoms with E-state index >= 15 is 0 Å². The van der Waals surface area contributed by atoms with Gasteiger partial charge in [0, 0.05) is 86.2 Å². The maximum atomic E-state index is 14.9. The molecule has 25 heteroatoms. The van der Waals surface area contributed by atoms with Crippen LogP contribution in [0, 0.1) is 30.1 Å². The van der Waals surface area contributed by atoms with Gasteiger partial charge in [-0.1, -0.05) is 75.1 Å². The van der Waals surface area contributed by atoms with E-state index in [0.717, 1.165) is 82.8 Å². The van der Waals surface area contributed by atoms with Gasteiger partial charge < -0.3 is 55.7 Å². The summed E-state index contributed by atoms with van der Waals surface area (Å²) in [6.07, 6.45) is 2.00. The van der Waals surface area contributed by atoms with Crippen LogP contribution in [0.4, 0.5) is 29.1 Å². The number of halogens is 4. The molecule has 4 aromatic carbocycles. The van der Waals surface area contributed by atoms with Crippen LogP contribution in [0.5, 0.6) is 5.75 Å². The van der Waals surface area contributed by atoms with E-state index in [1.54, 1.807) is 49.4 Å². The van der Waals surface area contributed by atoms with Gasteiger partial charge in [-0.05, 0) is 153 Å². The fourth-order valence-corrected chi connectivity index (χ4v) is 14.6. The van der Waals surface area contributed by atoms with Crippen molar-refractivity contribution in [3.8, 4) is 39.2 Å². The van der Waals surface area contributed by atoms with E-state index in [2.05, 4.69) is 52.4 Å². The van der Waals surface area contributed by atoms with Crippen molar-refractivity contribution in [3.63, 3.8) is 0 Å². The number of aliphatic hydroxyl groups excluding tert-OH is 1. The number of piperidine rings is 2. The molecule has 0 bridgehead atoms. The lowest BCUT2D eigenvalue weighted by Gasteiger charge is -2.41. The fourth-order valence-electron chi connectivity index (χ4n) is 13.8. The van der Waals surface area contributed by atoms with Gasteiger partial charge in [-0.15, -0.1) is 24.5 Å². The van der Waals surface area contributed by atoms with Crippen LogP contribution in [0.15, 0.2) is 109 Å². The molecule has 3 saturated heterocycles. The minimum Gasteiger partial charge on any atom is -0.406 e. The van der Waals surface area contributed by atoms with Crippen LogP contribution >= 0.6 is 11.3 Å². The third-order valence-corrected chi connectivity index (χ3v) is 20.4. The summed E-state index contributed by atoms with van der Waals surface area (Å²) in [6, 6.07) is 23.4. The summed E-state index contributed by atoms with van der Waals surface area (Å²) < 4.78 is 59.5. The molecule has 20 nitrogen and oxygen atoms in total. The van der Waals surface area contributed by atoms with Gasteiger partial charge in [-0.3, -0.25) is 28.8 Å². The summed E-state index contributed by atoms with van der Waals surface area (Å²) in [5.41, 5.74) is 13.6. The Morgan fingerprint density at radius 2 is 1.59 bits per heavy atom. The molecule has 7 aromatic rings. The van der Waals surface area contributed by atoms with E-state index in [1.807, 2.05) is 77.2 Å². The number of nitrogens with zero attached hydrogens (tertiary/aromatic N) is 8. The molecule has 1 saturated carbocycles. The highest BCUT2D eigenvalue weighted by Gasteiger charge is 2.53. The molecule has 4 aliphatic heterocycles. The number of benzene rings is 4. The van der Waals surface area contributed by atoms with E-state index in [4.69, 9.17) is 5.73 Å². The van der Waals surface area contributed by atoms with Crippen LogP contribution in [0.3, 0.4) is 0 Å². The highest BCUT2D eigenvalue weighted by atomic mass is 32.1. The fraction of sp³-hybridized carbons (Fsp3) is 0.438. The quantitative estimate of drug-likeness (QED) is 0.0288. The number of rotatable bonds is 19. The molecular formula is C73H80F4N12O8S. The number of carbonyl (C=O) groups excluding carboxylic acids is 6. The van der Waals surface area contributed by atoms with Crippen molar-refractivity contribution in [2.75, 3.05) is 56.4 Å². The highest BCUT2D eigenvalue weighted by Crippen LogP contribution is 2.42. The zero-order chi connectivity index (χ0) is 69.2. The lowest BCUT2D eigenvalue weighted by atomic mass is 9.85. The second-order valence-corrected chi connectivity index (χ2v) is 28.2. The molecule has 3 aromatic heterocycles. The lowest BCUT2D eigenvalue weighted by Crippen LogP contribution is -2.59. The average molecular weight is 1360 g/mol. The number of nitrogens with two attached hydrogens (primary N) is 1. The van der Waals surface area contributed by atoms with Gasteiger partial charge in [0.15, 0.2) is 5.67 Å². The Morgan fingerprint density at radius 3 is 2.29 bits per heavy atom. The van der Waals surface area contributed by atoms with Crippen molar-refractivity contribution in [3.05, 3.63) is 143 Å². The normalized spacial score (nSPS) is 18.7. The minimum absolute atomic E-state index is 0.0418. The Kier molecular flexibility index (Phi) is 20.1. The van der Waals surface area contributed by atoms with Crippen LogP contribution in [0.25, 0.3) is 32.6 Å². The predicted octanol–water partition coefficient (Wildman–Crippen LogP) is 9.26. The topological polar surface area (TPSA) is 251 Å². The van der Waals surface area contributed by atoms with Crippen molar-refractivity contribution in [2.45, 2.75) is 147 Å². The van der Waals surface area contributed by atoms with Crippen molar-refractivity contribution < 1.29 is 56.2 Å². The van der Waals surface area contributed by atoms with Crippen LogP contribution in [0.2, 0.25) is 0 Å². The second-order valence-electron chi connectivity index (χ2n) is 27.4. The highest BCUT2D eigenvalue weighted by molar-refractivity contribution is 7.13. The van der Waals surface area contributed by atoms with Crippen LogP contribution < -0.4 is 31.3 Å². The number of aromatic nitrogens is 4. The summed E-state index contributed by atoms with van der Waals surface area (Å²) in [4.78, 5) is 104. The van der Waals surface area contributed by atoms with Gasteiger partial charge in [0.25, 0.3) is 11.8 Å². The number of hydrogen-bond donors (Lipinski definition) is 5. The molecule has 6 amide bonds. The summed E-state index contributed by atoms with van der Waals surface area (Å²) >= 11 is 1.52. The van der Waals surface area contributed by atoms with Crippen LogP contribution in [-0.4, -0.2) is 157 Å². The van der Waals surface area contributed by atoms with Crippen molar-refractivity contribution in [2.24, 2.45) is 11.3 Å². The number of nitrogen functional groups attached to an aromatic ring is 1. The monoisotopic (exact) mass is 1360 g/mol. The number of thiazole rings is 1. The van der Waals surface area contributed by atoms with Gasteiger partial charge in [-0.25, -0.2) is 19.3 Å². The van der Waals surface area contributed by atoms with Crippen molar-refractivity contribution in [1.82, 2.24) is 50.2 Å². The Labute approximate surface area is 569 Å². The number of anilines is 2. The molecular weight excluding hydrogens is 1280 g/mol. The summed E-state index contributed by atoms with van der Waals surface area (Å²) in [5, 5.41) is 20.3. The molecule has 0 spiro atoms. The number of amides is 6. The maximum Gasteiger partial charge on any atom is 0.573 e. The number of likely N-dealkylation sites (tertiary alicyclic amines) is 3. The van der Waals surface area contributed by atoms with Crippen LogP contribution in [0.1, 0.15) is 123 Å². The SMILES string of the molecule is Cc1ncsc1-c1ccc([C@H](CC(=O)N2CCC(N3CCC(C#Cc4ccc(C(=O)NCCCn5cc(-c6ccc7c(c6)CCN7C(=O)Cc6cccc(OC(F)(F)F)c6)c6c(N)ncnc65)cc4)CC3)CC2)NC(=O)[C@@H]2C[C@@H](O)CN2C(=O)[C@@H](NC(=O)C2(F)CC2)C(C)(C)C)cc1. The summed E-state index contributed by atoms with van der Waals surface area (Å²) in [7, 11) is 0. The minimum atomic E-state index is -4.84. The molecule has 5 aliphatic rings. The number of alkyl halides is 4. The molecule has 4 atom stereocenters. The number of β-amino-alcohol motifs (C(OH)–C–C–N with tert-alkyl or cyclic N) is 1. The Bertz CT molecular complexity index is 4200. The zero-order valence-electron chi connectivity index (χ0n) is 55.2. The number of hydrogen-bond acceptors (Lipinski definition) is 14. The summed E-state index contributed by atoms with van der Waals surface area (Å²) in [5.74, 6) is 4.35. The number of aliphatic hydroxyl groups is 1. The van der Waals surface area contributed by atoms with Crippen molar-refractivity contribution in [1.29, 1.82) is 0 Å². The lowest BCUT2D eigenvalue weighted by molar-refractivity contribution is -0.274. The van der Waals surface area contributed by atoms with E-state index in [0.29, 0.717) is 85.1 Å². The van der Waals surface area contributed by atoms with E-state index < -0.39 is 59.4 Å². The van der Waals surface area contributed by atoms with Crippen molar-refractivity contribution >= 4 is 69.3 Å². The first kappa shape index (κ1) is 68.7. The molecule has 7 heterocycles. The van der Waals surface area contributed by atoms with E-state index in [1.165, 1.54) is 40.8 Å². The Morgan fingerprint density at radius 1 is 0.857 bits per heavy atom.